The number of phenolic OH excluding ortho intramolecular Hbond substituents is 1. The zero-order valence-corrected chi connectivity index (χ0v) is 6.98. The minimum absolute atomic E-state index is 0.145. The van der Waals surface area contributed by atoms with Gasteiger partial charge in [0.05, 0.1) is 0 Å². The van der Waals surface area contributed by atoms with Crippen LogP contribution in [0, 0.1) is 5.82 Å². The molecule has 0 bridgehead atoms. The van der Waals surface area contributed by atoms with Crippen LogP contribution < -0.4 is 0 Å². The van der Waals surface area contributed by atoms with Gasteiger partial charge < -0.3 is 10.2 Å². The average molecular weight is 191 g/mol. The largest absolute Gasteiger partial charge is 0.505 e. The van der Waals surface area contributed by atoms with Gasteiger partial charge in [-0.3, -0.25) is 0 Å². The van der Waals surface area contributed by atoms with E-state index in [1.54, 1.807) is 0 Å². The molecule has 1 rings (SSSR count). The molecule has 4 heteroatoms. The molecule has 1 aromatic carbocycles. The topological polar surface area (TPSA) is 40.5 Å². The van der Waals surface area contributed by atoms with Gasteiger partial charge >= 0.3 is 0 Å². The smallest absolute Gasteiger partial charge is 0.166 e. The van der Waals surface area contributed by atoms with Crippen LogP contribution >= 0.6 is 11.6 Å². The maximum atomic E-state index is 12.7. The van der Waals surface area contributed by atoms with Gasteiger partial charge in [-0.25, -0.2) is 4.39 Å². The van der Waals surface area contributed by atoms with E-state index in [4.69, 9.17) is 21.8 Å². The van der Waals surface area contributed by atoms with Crippen LogP contribution in [-0.2, 0) is 6.42 Å². The summed E-state index contributed by atoms with van der Waals surface area (Å²) in [5.74, 6) is -1.19. The van der Waals surface area contributed by atoms with E-state index in [0.717, 1.165) is 6.07 Å². The van der Waals surface area contributed by atoms with E-state index in [2.05, 4.69) is 0 Å². The molecule has 0 aliphatic carbocycles. The third-order valence-corrected chi connectivity index (χ3v) is 1.71. The molecule has 2 nitrogen and oxygen atoms in total. The highest BCUT2D eigenvalue weighted by molar-refractivity contribution is 6.30. The number of halogens is 2. The summed E-state index contributed by atoms with van der Waals surface area (Å²) in [7, 11) is 0. The number of aliphatic hydroxyl groups excluding tert-OH is 1. The molecule has 66 valence electrons. The van der Waals surface area contributed by atoms with Gasteiger partial charge in [0, 0.05) is 17.2 Å². The fourth-order valence-corrected chi connectivity index (χ4v) is 1.16. The van der Waals surface area contributed by atoms with Gasteiger partial charge in [0.25, 0.3) is 0 Å². The second-order valence-electron chi connectivity index (χ2n) is 2.37. The monoisotopic (exact) mass is 190 g/mol. The first-order valence-corrected chi connectivity index (χ1v) is 3.80. The molecule has 0 aromatic heterocycles. The quantitative estimate of drug-likeness (QED) is 0.746. The number of rotatable bonds is 2. The molecule has 2 N–H and O–H groups in total. The lowest BCUT2D eigenvalue weighted by Gasteiger charge is -2.03. The second kappa shape index (κ2) is 3.74. The average Bonchev–Trinajstić information content (AvgIpc) is 2.00. The van der Waals surface area contributed by atoms with Crippen LogP contribution in [0.15, 0.2) is 12.1 Å². The molecule has 0 radical (unpaired) electrons. The Labute approximate surface area is 74.2 Å². The Morgan fingerprint density at radius 1 is 1.42 bits per heavy atom. The molecular weight excluding hydrogens is 183 g/mol. The number of aliphatic hydroxyl groups is 1. The van der Waals surface area contributed by atoms with E-state index < -0.39 is 11.6 Å². The van der Waals surface area contributed by atoms with E-state index in [1.165, 1.54) is 6.07 Å². The summed E-state index contributed by atoms with van der Waals surface area (Å²) in [6.07, 6.45) is 0.198. The Morgan fingerprint density at radius 3 is 2.67 bits per heavy atom. The first-order chi connectivity index (χ1) is 5.65. The van der Waals surface area contributed by atoms with Gasteiger partial charge in [-0.2, -0.15) is 0 Å². The Morgan fingerprint density at radius 2 is 2.08 bits per heavy atom. The second-order valence-corrected chi connectivity index (χ2v) is 2.81. The normalized spacial score (nSPS) is 10.2. The van der Waals surface area contributed by atoms with Crippen molar-refractivity contribution in [1.82, 2.24) is 0 Å². The predicted molar refractivity (Wildman–Crippen MR) is 43.9 cm³/mol. The van der Waals surface area contributed by atoms with Crippen molar-refractivity contribution in [3.05, 3.63) is 28.5 Å². The molecule has 0 aliphatic heterocycles. The lowest BCUT2D eigenvalue weighted by molar-refractivity contribution is 0.296. The molecular formula is C8H8ClFO2. The Hall–Kier alpha value is -0.800. The summed E-state index contributed by atoms with van der Waals surface area (Å²) < 4.78 is 12.7. The van der Waals surface area contributed by atoms with Gasteiger partial charge in [-0.1, -0.05) is 11.6 Å². The zero-order chi connectivity index (χ0) is 9.14. The Bertz CT molecular complexity index is 289. The molecule has 12 heavy (non-hydrogen) atoms. The number of hydrogen-bond donors (Lipinski definition) is 2. The SMILES string of the molecule is OCCc1cc(Cl)cc(F)c1O. The van der Waals surface area contributed by atoms with Gasteiger partial charge in [0.15, 0.2) is 11.6 Å². The summed E-state index contributed by atoms with van der Waals surface area (Å²) in [4.78, 5) is 0. The third kappa shape index (κ3) is 1.87. The van der Waals surface area contributed by atoms with Crippen molar-refractivity contribution in [2.75, 3.05) is 6.61 Å². The molecule has 0 amide bonds. The molecule has 0 atom stereocenters. The van der Waals surface area contributed by atoms with Gasteiger partial charge in [-0.05, 0) is 18.6 Å². The van der Waals surface area contributed by atoms with Gasteiger partial charge in [-0.15, -0.1) is 0 Å². The van der Waals surface area contributed by atoms with E-state index in [0.29, 0.717) is 5.56 Å². The van der Waals surface area contributed by atoms with Crippen molar-refractivity contribution >= 4 is 11.6 Å². The molecule has 0 saturated heterocycles. The van der Waals surface area contributed by atoms with Crippen molar-refractivity contribution in [3.63, 3.8) is 0 Å². The zero-order valence-electron chi connectivity index (χ0n) is 6.22. The van der Waals surface area contributed by atoms with Crippen molar-refractivity contribution < 1.29 is 14.6 Å². The molecule has 0 unspecified atom stereocenters. The van der Waals surface area contributed by atoms with Crippen molar-refractivity contribution in [3.8, 4) is 5.75 Å². The Balaban J connectivity index is 3.09. The van der Waals surface area contributed by atoms with Crippen LogP contribution in [0.1, 0.15) is 5.56 Å². The maximum Gasteiger partial charge on any atom is 0.166 e. The van der Waals surface area contributed by atoms with Crippen molar-refractivity contribution in [2.24, 2.45) is 0 Å². The first kappa shape index (κ1) is 9.29. The minimum Gasteiger partial charge on any atom is -0.505 e. The van der Waals surface area contributed by atoms with Crippen LogP contribution in [0.25, 0.3) is 0 Å². The maximum absolute atomic E-state index is 12.7. The summed E-state index contributed by atoms with van der Waals surface area (Å²) >= 11 is 5.53. The standard InChI is InChI=1S/C8H8ClFO2/c9-6-3-5(1-2-11)8(12)7(10)4-6/h3-4,11-12H,1-2H2. The third-order valence-electron chi connectivity index (χ3n) is 1.49. The summed E-state index contributed by atoms with van der Waals surface area (Å²) in [5, 5.41) is 17.9. The van der Waals surface area contributed by atoms with Crippen LogP contribution in [0.2, 0.25) is 5.02 Å². The lowest BCUT2D eigenvalue weighted by atomic mass is 10.1. The van der Waals surface area contributed by atoms with Gasteiger partial charge in [0.2, 0.25) is 0 Å². The minimum atomic E-state index is -0.758. The number of aromatic hydroxyl groups is 1. The van der Waals surface area contributed by atoms with Crippen LogP contribution in [0.5, 0.6) is 5.75 Å². The van der Waals surface area contributed by atoms with Crippen LogP contribution in [0.4, 0.5) is 4.39 Å². The highest BCUT2D eigenvalue weighted by atomic mass is 35.5. The van der Waals surface area contributed by atoms with Crippen LogP contribution in [-0.4, -0.2) is 16.8 Å². The highest BCUT2D eigenvalue weighted by Crippen LogP contribution is 2.25. The molecule has 0 aliphatic rings. The lowest BCUT2D eigenvalue weighted by Crippen LogP contribution is -1.93. The van der Waals surface area contributed by atoms with Crippen LogP contribution in [0.3, 0.4) is 0 Å². The number of hydrogen-bond acceptors (Lipinski definition) is 2. The van der Waals surface area contributed by atoms with E-state index in [9.17, 15) is 4.39 Å². The number of benzene rings is 1. The summed E-state index contributed by atoms with van der Waals surface area (Å²) in [6.45, 7) is -0.145. The van der Waals surface area contributed by atoms with Gasteiger partial charge in [0.1, 0.15) is 0 Å². The molecule has 0 heterocycles. The summed E-state index contributed by atoms with van der Waals surface area (Å²) in [6, 6.07) is 2.45. The van der Waals surface area contributed by atoms with E-state index >= 15 is 0 Å². The molecule has 0 fully saturated rings. The number of phenols is 1. The molecule has 1 aromatic rings. The fourth-order valence-electron chi connectivity index (χ4n) is 0.930. The highest BCUT2D eigenvalue weighted by Gasteiger charge is 2.07. The Kier molecular flexibility index (Phi) is 2.89. The predicted octanol–water partition coefficient (Wildman–Crippen LogP) is 1.72. The first-order valence-electron chi connectivity index (χ1n) is 3.43. The van der Waals surface area contributed by atoms with Crippen molar-refractivity contribution in [1.29, 1.82) is 0 Å². The van der Waals surface area contributed by atoms with E-state index in [-0.39, 0.29) is 18.1 Å². The molecule has 0 spiro atoms. The van der Waals surface area contributed by atoms with E-state index in [1.807, 2.05) is 0 Å². The van der Waals surface area contributed by atoms with Crippen molar-refractivity contribution in [2.45, 2.75) is 6.42 Å². The fraction of sp³-hybridized carbons (Fsp3) is 0.250. The molecule has 0 saturated carbocycles. The summed E-state index contributed by atoms with van der Waals surface area (Å²) in [5.41, 5.74) is 0.322.